The second kappa shape index (κ2) is 4.67. The van der Waals surface area contributed by atoms with Crippen molar-refractivity contribution in [3.63, 3.8) is 0 Å². The molecule has 1 saturated heterocycles. The molecular weight excluding hydrogens is 227 g/mol. The second-order valence-corrected chi connectivity index (χ2v) is 4.02. The van der Waals surface area contributed by atoms with Crippen molar-refractivity contribution in [1.82, 2.24) is 0 Å². The van der Waals surface area contributed by atoms with Gasteiger partial charge in [-0.3, -0.25) is 10.1 Å². The zero-order valence-electron chi connectivity index (χ0n) is 9.43. The van der Waals surface area contributed by atoms with Crippen LogP contribution in [0.1, 0.15) is 6.92 Å². The standard InChI is InChI=1S/C11H13FN2O3/c1-8-7-13(4-5-17-8)11-3-2-9(14(15)16)6-10(11)12/h2-3,6,8H,4-5,7H2,1H3. The molecule has 2 rings (SSSR count). The fourth-order valence-corrected chi connectivity index (χ4v) is 1.90. The van der Waals surface area contributed by atoms with Crippen molar-refractivity contribution in [3.8, 4) is 0 Å². The minimum Gasteiger partial charge on any atom is -0.375 e. The Morgan fingerprint density at radius 1 is 1.59 bits per heavy atom. The second-order valence-electron chi connectivity index (χ2n) is 4.02. The van der Waals surface area contributed by atoms with Gasteiger partial charge in [-0.1, -0.05) is 0 Å². The first-order valence-electron chi connectivity index (χ1n) is 5.38. The van der Waals surface area contributed by atoms with E-state index in [1.807, 2.05) is 11.8 Å². The normalized spacial score (nSPS) is 20.4. The Morgan fingerprint density at radius 2 is 2.35 bits per heavy atom. The van der Waals surface area contributed by atoms with Gasteiger partial charge in [0.2, 0.25) is 0 Å². The largest absolute Gasteiger partial charge is 0.375 e. The summed E-state index contributed by atoms with van der Waals surface area (Å²) in [7, 11) is 0. The number of nitro groups is 1. The summed E-state index contributed by atoms with van der Waals surface area (Å²) in [5, 5.41) is 10.5. The third kappa shape index (κ3) is 2.52. The Bertz CT molecular complexity index is 439. The van der Waals surface area contributed by atoms with E-state index in [1.54, 1.807) is 0 Å². The van der Waals surface area contributed by atoms with Crippen LogP contribution in [0.5, 0.6) is 0 Å². The Hall–Kier alpha value is -1.69. The average molecular weight is 240 g/mol. The van der Waals surface area contributed by atoms with Gasteiger partial charge in [-0.05, 0) is 13.0 Å². The molecular formula is C11H13FN2O3. The van der Waals surface area contributed by atoms with E-state index < -0.39 is 10.7 Å². The van der Waals surface area contributed by atoms with Crippen LogP contribution in [0.3, 0.4) is 0 Å². The Labute approximate surface area is 97.9 Å². The first-order valence-corrected chi connectivity index (χ1v) is 5.38. The molecule has 0 aromatic heterocycles. The molecule has 6 heteroatoms. The number of hydrogen-bond donors (Lipinski definition) is 0. The maximum atomic E-state index is 13.7. The quantitative estimate of drug-likeness (QED) is 0.585. The van der Waals surface area contributed by atoms with Gasteiger partial charge in [-0.15, -0.1) is 0 Å². The fraction of sp³-hybridized carbons (Fsp3) is 0.455. The van der Waals surface area contributed by atoms with Crippen LogP contribution in [-0.2, 0) is 4.74 Å². The molecule has 0 saturated carbocycles. The maximum absolute atomic E-state index is 13.7. The molecule has 1 unspecified atom stereocenters. The molecule has 1 heterocycles. The van der Waals surface area contributed by atoms with E-state index in [-0.39, 0.29) is 11.8 Å². The summed E-state index contributed by atoms with van der Waals surface area (Å²) in [5.74, 6) is -0.562. The minimum atomic E-state index is -0.602. The summed E-state index contributed by atoms with van der Waals surface area (Å²) in [4.78, 5) is 11.7. The molecule has 17 heavy (non-hydrogen) atoms. The van der Waals surface area contributed by atoms with Crippen LogP contribution in [0.4, 0.5) is 15.8 Å². The van der Waals surface area contributed by atoms with E-state index in [0.29, 0.717) is 25.4 Å². The van der Waals surface area contributed by atoms with Crippen LogP contribution in [0.25, 0.3) is 0 Å². The van der Waals surface area contributed by atoms with Crippen LogP contribution >= 0.6 is 0 Å². The van der Waals surface area contributed by atoms with Crippen LogP contribution in [0.15, 0.2) is 18.2 Å². The zero-order valence-corrected chi connectivity index (χ0v) is 9.43. The molecule has 5 nitrogen and oxygen atoms in total. The third-order valence-corrected chi connectivity index (χ3v) is 2.72. The number of non-ortho nitro benzene ring substituents is 1. The first-order chi connectivity index (χ1) is 8.08. The van der Waals surface area contributed by atoms with Gasteiger partial charge < -0.3 is 9.64 Å². The van der Waals surface area contributed by atoms with Crippen molar-refractivity contribution in [2.75, 3.05) is 24.6 Å². The third-order valence-electron chi connectivity index (χ3n) is 2.72. The average Bonchev–Trinajstić information content (AvgIpc) is 2.28. The summed E-state index contributed by atoms with van der Waals surface area (Å²) in [6.45, 7) is 3.64. The molecule has 0 radical (unpaired) electrons. The van der Waals surface area contributed by atoms with Crippen molar-refractivity contribution in [3.05, 3.63) is 34.1 Å². The predicted octanol–water partition coefficient (Wildman–Crippen LogP) is 1.96. The van der Waals surface area contributed by atoms with Gasteiger partial charge in [-0.25, -0.2) is 4.39 Å². The number of ether oxygens (including phenoxy) is 1. The molecule has 0 N–H and O–H groups in total. The maximum Gasteiger partial charge on any atom is 0.272 e. The number of nitro benzene ring substituents is 1. The van der Waals surface area contributed by atoms with Crippen LogP contribution in [0.2, 0.25) is 0 Å². The van der Waals surface area contributed by atoms with Crippen molar-refractivity contribution in [2.24, 2.45) is 0 Å². The highest BCUT2D eigenvalue weighted by Gasteiger charge is 2.21. The van der Waals surface area contributed by atoms with Gasteiger partial charge in [0.1, 0.15) is 0 Å². The minimum absolute atomic E-state index is 0.0401. The van der Waals surface area contributed by atoms with Gasteiger partial charge in [0.15, 0.2) is 5.82 Å². The summed E-state index contributed by atoms with van der Waals surface area (Å²) in [6.07, 6.45) is 0.0401. The fourth-order valence-electron chi connectivity index (χ4n) is 1.90. The number of hydrogen-bond acceptors (Lipinski definition) is 4. The van der Waals surface area contributed by atoms with Crippen molar-refractivity contribution < 1.29 is 14.1 Å². The van der Waals surface area contributed by atoms with E-state index >= 15 is 0 Å². The molecule has 92 valence electrons. The first kappa shape index (κ1) is 11.8. The smallest absolute Gasteiger partial charge is 0.272 e. The molecule has 0 aliphatic carbocycles. The van der Waals surface area contributed by atoms with E-state index in [0.717, 1.165) is 6.07 Å². The molecule has 0 bridgehead atoms. The Kier molecular flexibility index (Phi) is 3.23. The summed E-state index contributed by atoms with van der Waals surface area (Å²) in [5.41, 5.74) is 0.165. The number of morpholine rings is 1. The van der Waals surface area contributed by atoms with Crippen LogP contribution < -0.4 is 4.90 Å². The predicted molar refractivity (Wildman–Crippen MR) is 60.7 cm³/mol. The highest BCUT2D eigenvalue weighted by molar-refractivity contribution is 5.52. The van der Waals surface area contributed by atoms with E-state index in [1.165, 1.54) is 12.1 Å². The van der Waals surface area contributed by atoms with Gasteiger partial charge >= 0.3 is 0 Å². The SMILES string of the molecule is CC1CN(c2ccc([N+](=O)[O-])cc2F)CCO1. The van der Waals surface area contributed by atoms with E-state index in [9.17, 15) is 14.5 Å². The monoisotopic (exact) mass is 240 g/mol. The van der Waals surface area contributed by atoms with Crippen LogP contribution in [0, 0.1) is 15.9 Å². The summed E-state index contributed by atoms with van der Waals surface area (Å²) < 4.78 is 19.1. The number of benzene rings is 1. The molecule has 0 amide bonds. The number of anilines is 1. The highest BCUT2D eigenvalue weighted by atomic mass is 19.1. The zero-order chi connectivity index (χ0) is 12.4. The van der Waals surface area contributed by atoms with Crippen molar-refractivity contribution >= 4 is 11.4 Å². The molecule has 1 aliphatic rings. The Balaban J connectivity index is 2.23. The molecule has 1 aromatic carbocycles. The summed E-state index contributed by atoms with van der Waals surface area (Å²) >= 11 is 0. The summed E-state index contributed by atoms with van der Waals surface area (Å²) in [6, 6.07) is 3.72. The van der Waals surface area contributed by atoms with Gasteiger partial charge in [-0.2, -0.15) is 0 Å². The number of nitrogens with zero attached hydrogens (tertiary/aromatic N) is 2. The molecule has 1 aliphatic heterocycles. The lowest BCUT2D eigenvalue weighted by Gasteiger charge is -2.32. The van der Waals surface area contributed by atoms with E-state index in [4.69, 9.17) is 4.74 Å². The molecule has 1 aromatic rings. The van der Waals surface area contributed by atoms with Crippen molar-refractivity contribution in [2.45, 2.75) is 13.0 Å². The van der Waals surface area contributed by atoms with Gasteiger partial charge in [0, 0.05) is 19.2 Å². The van der Waals surface area contributed by atoms with E-state index in [2.05, 4.69) is 0 Å². The molecule has 1 atom stereocenters. The number of halogens is 1. The molecule has 0 spiro atoms. The van der Waals surface area contributed by atoms with Crippen LogP contribution in [-0.4, -0.2) is 30.7 Å². The lowest BCUT2D eigenvalue weighted by molar-refractivity contribution is -0.385. The molecule has 1 fully saturated rings. The number of rotatable bonds is 2. The Morgan fingerprint density at radius 3 is 2.94 bits per heavy atom. The topological polar surface area (TPSA) is 55.6 Å². The van der Waals surface area contributed by atoms with Crippen molar-refractivity contribution in [1.29, 1.82) is 0 Å². The lowest BCUT2D eigenvalue weighted by atomic mass is 10.2. The highest BCUT2D eigenvalue weighted by Crippen LogP contribution is 2.25. The van der Waals surface area contributed by atoms with Gasteiger partial charge in [0.25, 0.3) is 5.69 Å². The van der Waals surface area contributed by atoms with Gasteiger partial charge in [0.05, 0.1) is 29.4 Å². The lowest BCUT2D eigenvalue weighted by Crippen LogP contribution is -2.41.